The Kier molecular flexibility index (Phi) is 4.70. The molecule has 21 heavy (non-hydrogen) atoms. The number of carbonyl (C=O) groups excluding carboxylic acids is 1. The van der Waals surface area contributed by atoms with Gasteiger partial charge >= 0.3 is 0 Å². The third-order valence-corrected chi connectivity index (χ3v) is 6.22. The highest BCUT2D eigenvalue weighted by atomic mass is 32.1. The maximum atomic E-state index is 12.0. The van der Waals surface area contributed by atoms with Crippen LogP contribution in [0, 0.1) is 12.8 Å². The van der Waals surface area contributed by atoms with Crippen molar-refractivity contribution in [3.05, 3.63) is 28.1 Å². The van der Waals surface area contributed by atoms with Crippen LogP contribution in [0.4, 0.5) is 0 Å². The summed E-state index contributed by atoms with van der Waals surface area (Å²) in [5.74, 6) is 0.793. The molecular formula is C16H20N2OS2. The second-order valence-electron chi connectivity index (χ2n) is 5.64. The Labute approximate surface area is 133 Å². The molecule has 1 amide bonds. The summed E-state index contributed by atoms with van der Waals surface area (Å²) in [6.45, 7) is 2.63. The second kappa shape index (κ2) is 6.71. The molecule has 0 atom stereocenters. The Morgan fingerprint density at radius 3 is 2.95 bits per heavy atom. The third-order valence-electron chi connectivity index (χ3n) is 4.02. The summed E-state index contributed by atoms with van der Waals surface area (Å²) in [6, 6.07) is 4.13. The molecule has 0 aliphatic heterocycles. The summed E-state index contributed by atoms with van der Waals surface area (Å²) < 4.78 is 0. The van der Waals surface area contributed by atoms with E-state index in [-0.39, 0.29) is 5.91 Å². The lowest BCUT2D eigenvalue weighted by atomic mass is 10.0. The third kappa shape index (κ3) is 3.71. The first kappa shape index (κ1) is 14.7. The first-order valence-electron chi connectivity index (χ1n) is 7.49. The summed E-state index contributed by atoms with van der Waals surface area (Å²) in [4.78, 5) is 19.0. The molecule has 2 heterocycles. The molecule has 2 aromatic heterocycles. The van der Waals surface area contributed by atoms with Crippen LogP contribution in [0.25, 0.3) is 9.88 Å². The van der Waals surface area contributed by atoms with Gasteiger partial charge in [0.25, 0.3) is 0 Å². The lowest BCUT2D eigenvalue weighted by Gasteiger charge is -2.08. The van der Waals surface area contributed by atoms with Crippen LogP contribution in [0.1, 0.15) is 42.7 Å². The lowest BCUT2D eigenvalue weighted by Crippen LogP contribution is -2.24. The topological polar surface area (TPSA) is 42.0 Å². The predicted molar refractivity (Wildman–Crippen MR) is 88.6 cm³/mol. The van der Waals surface area contributed by atoms with Crippen LogP contribution in [-0.2, 0) is 11.3 Å². The minimum Gasteiger partial charge on any atom is -0.351 e. The Morgan fingerprint density at radius 2 is 2.24 bits per heavy atom. The van der Waals surface area contributed by atoms with E-state index in [2.05, 4.69) is 21.7 Å². The highest BCUT2D eigenvalue weighted by Crippen LogP contribution is 2.31. The van der Waals surface area contributed by atoms with Gasteiger partial charge in [-0.1, -0.05) is 18.9 Å². The van der Waals surface area contributed by atoms with E-state index in [1.54, 1.807) is 22.7 Å². The number of amides is 1. The Morgan fingerprint density at radius 1 is 1.43 bits per heavy atom. The standard InChI is InChI=1S/C16H20N2OS2/c1-11-14(21-16(18-11)13-7-4-8-20-13)10-17-15(19)9-12-5-2-3-6-12/h4,7-8,12H,2-3,5-6,9-10H2,1H3,(H,17,19). The van der Waals surface area contributed by atoms with Crippen LogP contribution < -0.4 is 5.32 Å². The molecule has 3 nitrogen and oxygen atoms in total. The molecule has 3 rings (SSSR count). The zero-order valence-corrected chi connectivity index (χ0v) is 13.9. The number of carbonyl (C=O) groups is 1. The molecular weight excluding hydrogens is 300 g/mol. The van der Waals surface area contributed by atoms with E-state index in [1.165, 1.54) is 30.6 Å². The SMILES string of the molecule is Cc1nc(-c2cccs2)sc1CNC(=O)CC1CCCC1. The highest BCUT2D eigenvalue weighted by Gasteiger charge is 2.18. The number of nitrogens with one attached hydrogen (secondary N) is 1. The van der Waals surface area contributed by atoms with Crippen LogP contribution >= 0.6 is 22.7 Å². The minimum atomic E-state index is 0.187. The molecule has 1 saturated carbocycles. The van der Waals surface area contributed by atoms with Gasteiger partial charge in [0.2, 0.25) is 5.91 Å². The van der Waals surface area contributed by atoms with Gasteiger partial charge in [-0.2, -0.15) is 0 Å². The highest BCUT2D eigenvalue weighted by molar-refractivity contribution is 7.21. The first-order valence-corrected chi connectivity index (χ1v) is 9.19. The predicted octanol–water partition coefficient (Wildman–Crippen LogP) is 4.38. The smallest absolute Gasteiger partial charge is 0.220 e. The summed E-state index contributed by atoms with van der Waals surface area (Å²) in [5.41, 5.74) is 1.03. The normalized spacial score (nSPS) is 15.5. The lowest BCUT2D eigenvalue weighted by molar-refractivity contribution is -0.122. The van der Waals surface area contributed by atoms with E-state index in [0.717, 1.165) is 15.6 Å². The van der Waals surface area contributed by atoms with E-state index in [1.807, 2.05) is 13.0 Å². The number of aryl methyl sites for hydroxylation is 1. The Balaban J connectivity index is 1.56. The molecule has 0 bridgehead atoms. The first-order chi connectivity index (χ1) is 10.2. The van der Waals surface area contributed by atoms with Crippen molar-refractivity contribution in [2.24, 2.45) is 5.92 Å². The summed E-state index contributed by atoms with van der Waals surface area (Å²) >= 11 is 3.39. The van der Waals surface area contributed by atoms with Gasteiger partial charge in [0.1, 0.15) is 5.01 Å². The molecule has 1 aliphatic rings. The Hall–Kier alpha value is -1.20. The molecule has 0 spiro atoms. The fraction of sp³-hybridized carbons (Fsp3) is 0.500. The zero-order chi connectivity index (χ0) is 14.7. The molecule has 1 N–H and O–H groups in total. The van der Waals surface area contributed by atoms with Gasteiger partial charge < -0.3 is 5.32 Å². The van der Waals surface area contributed by atoms with Gasteiger partial charge in [0, 0.05) is 11.3 Å². The molecule has 1 fully saturated rings. The quantitative estimate of drug-likeness (QED) is 0.888. The fourth-order valence-corrected chi connectivity index (χ4v) is 4.62. The average Bonchev–Trinajstić information content (AvgIpc) is 3.17. The number of nitrogens with zero attached hydrogens (tertiary/aromatic N) is 1. The van der Waals surface area contributed by atoms with Crippen LogP contribution in [0.2, 0.25) is 0 Å². The van der Waals surface area contributed by atoms with Gasteiger partial charge in [-0.15, -0.1) is 22.7 Å². The van der Waals surface area contributed by atoms with Crippen LogP contribution in [0.15, 0.2) is 17.5 Å². The van der Waals surface area contributed by atoms with Crippen molar-refractivity contribution >= 4 is 28.6 Å². The minimum absolute atomic E-state index is 0.187. The van der Waals surface area contributed by atoms with Crippen LogP contribution in [0.3, 0.4) is 0 Å². The largest absolute Gasteiger partial charge is 0.351 e. The van der Waals surface area contributed by atoms with E-state index >= 15 is 0 Å². The number of hydrogen-bond donors (Lipinski definition) is 1. The molecule has 5 heteroatoms. The fourth-order valence-electron chi connectivity index (χ4n) is 2.83. The van der Waals surface area contributed by atoms with Crippen molar-refractivity contribution in [3.8, 4) is 9.88 Å². The summed E-state index contributed by atoms with van der Waals surface area (Å²) in [6.07, 6.45) is 5.70. The van der Waals surface area contributed by atoms with Gasteiger partial charge in [-0.05, 0) is 37.1 Å². The van der Waals surface area contributed by atoms with Crippen molar-refractivity contribution in [2.45, 2.75) is 45.6 Å². The van der Waals surface area contributed by atoms with E-state index < -0.39 is 0 Å². The van der Waals surface area contributed by atoms with Crippen LogP contribution in [-0.4, -0.2) is 10.9 Å². The van der Waals surface area contributed by atoms with E-state index in [9.17, 15) is 4.79 Å². The maximum absolute atomic E-state index is 12.0. The van der Waals surface area contributed by atoms with Crippen molar-refractivity contribution < 1.29 is 4.79 Å². The van der Waals surface area contributed by atoms with Gasteiger partial charge in [0.15, 0.2) is 0 Å². The van der Waals surface area contributed by atoms with E-state index in [0.29, 0.717) is 18.9 Å². The Bertz CT molecular complexity index is 598. The number of thiazole rings is 1. The van der Waals surface area contributed by atoms with Crippen molar-refractivity contribution in [1.29, 1.82) is 0 Å². The molecule has 2 aromatic rings. The molecule has 0 saturated heterocycles. The zero-order valence-electron chi connectivity index (χ0n) is 12.2. The summed E-state index contributed by atoms with van der Waals surface area (Å²) in [7, 11) is 0. The van der Waals surface area contributed by atoms with Crippen LogP contribution in [0.5, 0.6) is 0 Å². The summed E-state index contributed by atoms with van der Waals surface area (Å²) in [5, 5.41) is 6.18. The van der Waals surface area contributed by atoms with Gasteiger partial charge in [-0.25, -0.2) is 4.98 Å². The van der Waals surface area contributed by atoms with Gasteiger partial charge in [0.05, 0.1) is 17.1 Å². The molecule has 0 aromatic carbocycles. The number of aromatic nitrogens is 1. The van der Waals surface area contributed by atoms with E-state index in [4.69, 9.17) is 0 Å². The monoisotopic (exact) mass is 320 g/mol. The molecule has 0 radical (unpaired) electrons. The number of thiophene rings is 1. The van der Waals surface area contributed by atoms with Crippen molar-refractivity contribution in [1.82, 2.24) is 10.3 Å². The number of rotatable bonds is 5. The van der Waals surface area contributed by atoms with Crippen molar-refractivity contribution in [2.75, 3.05) is 0 Å². The molecule has 1 aliphatic carbocycles. The maximum Gasteiger partial charge on any atom is 0.220 e. The van der Waals surface area contributed by atoms with Crippen molar-refractivity contribution in [3.63, 3.8) is 0 Å². The molecule has 0 unspecified atom stereocenters. The number of hydrogen-bond acceptors (Lipinski definition) is 4. The molecule has 112 valence electrons. The van der Waals surface area contributed by atoms with Gasteiger partial charge in [-0.3, -0.25) is 4.79 Å². The second-order valence-corrected chi connectivity index (χ2v) is 7.67. The average molecular weight is 320 g/mol.